The molecule has 0 fully saturated rings. The minimum atomic E-state index is -0.152. The van der Waals surface area contributed by atoms with E-state index in [0.29, 0.717) is 18.0 Å². The average molecular weight is 401 g/mol. The maximum Gasteiger partial charge on any atom is 0.251 e. The maximum atomic E-state index is 12.2. The molecule has 0 radical (unpaired) electrons. The van der Waals surface area contributed by atoms with Gasteiger partial charge in [0.1, 0.15) is 0 Å². The van der Waals surface area contributed by atoms with E-state index < -0.39 is 0 Å². The van der Waals surface area contributed by atoms with Crippen LogP contribution in [0.2, 0.25) is 0 Å². The molecule has 0 aliphatic carbocycles. The second-order valence-electron chi connectivity index (χ2n) is 7.50. The van der Waals surface area contributed by atoms with Gasteiger partial charge in [0.05, 0.1) is 11.4 Å². The molecule has 152 valence electrons. The highest BCUT2D eigenvalue weighted by Gasteiger charge is 2.10. The number of fused-ring (bicyclic) bond motifs is 1. The van der Waals surface area contributed by atoms with Crippen molar-refractivity contribution in [1.82, 2.24) is 19.7 Å². The summed E-state index contributed by atoms with van der Waals surface area (Å²) in [4.78, 5) is 31.0. The molecule has 1 aromatic carbocycles. The highest BCUT2D eigenvalue weighted by Crippen LogP contribution is 2.27. The molecule has 4 aromatic rings. The molecule has 30 heavy (non-hydrogen) atoms. The second kappa shape index (κ2) is 8.24. The number of anilines is 2. The van der Waals surface area contributed by atoms with Gasteiger partial charge in [-0.2, -0.15) is 0 Å². The number of amides is 1. The molecule has 0 saturated carbocycles. The summed E-state index contributed by atoms with van der Waals surface area (Å²) in [6.07, 6.45) is 5.21. The van der Waals surface area contributed by atoms with Crippen molar-refractivity contribution in [3.8, 4) is 11.3 Å². The van der Waals surface area contributed by atoms with Crippen LogP contribution in [0.1, 0.15) is 24.2 Å². The zero-order valence-electron chi connectivity index (χ0n) is 16.8. The summed E-state index contributed by atoms with van der Waals surface area (Å²) in [6, 6.07) is 14.6. The third-order valence-corrected chi connectivity index (χ3v) is 4.72. The standard InChI is InChI=1S/C23H23N5O2/c1-15(2)14-26-23(30)16-3-5-18(6-4-16)27-19-7-8-20(28-12-11-25-22(19)28)17-9-10-24-21(29)13-17/h3-13,15,27H,14H2,1-2H3,(H,24,29)(H,26,30). The van der Waals surface area contributed by atoms with Gasteiger partial charge in [-0.3, -0.25) is 14.0 Å². The largest absolute Gasteiger partial charge is 0.352 e. The molecule has 0 aliphatic heterocycles. The van der Waals surface area contributed by atoms with Gasteiger partial charge in [0.2, 0.25) is 5.56 Å². The normalized spacial score (nSPS) is 11.0. The Morgan fingerprint density at radius 2 is 1.93 bits per heavy atom. The van der Waals surface area contributed by atoms with E-state index in [-0.39, 0.29) is 11.5 Å². The van der Waals surface area contributed by atoms with Crippen molar-refractivity contribution < 1.29 is 4.79 Å². The summed E-state index contributed by atoms with van der Waals surface area (Å²) in [5.74, 6) is 0.331. The predicted molar refractivity (Wildman–Crippen MR) is 118 cm³/mol. The Balaban J connectivity index is 1.58. The number of nitrogens with zero attached hydrogens (tertiary/aromatic N) is 2. The lowest BCUT2D eigenvalue weighted by atomic mass is 10.1. The van der Waals surface area contributed by atoms with E-state index in [0.717, 1.165) is 28.3 Å². The molecule has 0 unspecified atom stereocenters. The number of hydrogen-bond acceptors (Lipinski definition) is 4. The van der Waals surface area contributed by atoms with Gasteiger partial charge < -0.3 is 15.6 Å². The number of hydrogen-bond donors (Lipinski definition) is 3. The van der Waals surface area contributed by atoms with Crippen LogP contribution in [0.3, 0.4) is 0 Å². The van der Waals surface area contributed by atoms with Crippen LogP contribution in [0, 0.1) is 5.92 Å². The molecule has 4 rings (SSSR count). The Morgan fingerprint density at radius 3 is 2.67 bits per heavy atom. The van der Waals surface area contributed by atoms with Crippen LogP contribution in [-0.2, 0) is 0 Å². The molecule has 0 bridgehead atoms. The maximum absolute atomic E-state index is 12.2. The number of imidazole rings is 1. The van der Waals surface area contributed by atoms with Crippen LogP contribution in [0.5, 0.6) is 0 Å². The first-order chi connectivity index (χ1) is 14.5. The van der Waals surface area contributed by atoms with Crippen molar-refractivity contribution in [2.75, 3.05) is 11.9 Å². The van der Waals surface area contributed by atoms with Crippen LogP contribution in [0.15, 0.2) is 71.9 Å². The quantitative estimate of drug-likeness (QED) is 0.458. The van der Waals surface area contributed by atoms with Crippen LogP contribution < -0.4 is 16.2 Å². The molecule has 0 atom stereocenters. The third-order valence-electron chi connectivity index (χ3n) is 4.72. The minimum Gasteiger partial charge on any atom is -0.352 e. The summed E-state index contributed by atoms with van der Waals surface area (Å²) in [6.45, 7) is 4.77. The molecule has 3 aromatic heterocycles. The smallest absolute Gasteiger partial charge is 0.251 e. The van der Waals surface area contributed by atoms with Crippen LogP contribution in [-0.4, -0.2) is 26.8 Å². The lowest BCUT2D eigenvalue weighted by molar-refractivity contribution is 0.0949. The van der Waals surface area contributed by atoms with Gasteiger partial charge in [0.15, 0.2) is 5.65 Å². The molecule has 0 spiro atoms. The molecular formula is C23H23N5O2. The van der Waals surface area contributed by atoms with E-state index in [4.69, 9.17) is 0 Å². The number of H-pyrrole nitrogens is 1. The van der Waals surface area contributed by atoms with E-state index >= 15 is 0 Å². The van der Waals surface area contributed by atoms with Crippen molar-refractivity contribution in [2.24, 2.45) is 5.92 Å². The van der Waals surface area contributed by atoms with Gasteiger partial charge in [-0.1, -0.05) is 13.8 Å². The second-order valence-corrected chi connectivity index (χ2v) is 7.50. The SMILES string of the molecule is CC(C)CNC(=O)c1ccc(Nc2ccc(-c3cc[nH]c(=O)c3)n3ccnc23)cc1. The number of carbonyl (C=O) groups excluding carboxylic acids is 1. The monoisotopic (exact) mass is 401 g/mol. The van der Waals surface area contributed by atoms with Gasteiger partial charge in [0, 0.05) is 48.0 Å². The number of aromatic amines is 1. The molecule has 0 aliphatic rings. The number of carbonyl (C=O) groups is 1. The summed E-state index contributed by atoms with van der Waals surface area (Å²) in [5.41, 5.74) is 4.57. The van der Waals surface area contributed by atoms with Gasteiger partial charge in [0.25, 0.3) is 5.91 Å². The van der Waals surface area contributed by atoms with Gasteiger partial charge in [-0.15, -0.1) is 0 Å². The first-order valence-electron chi connectivity index (χ1n) is 9.82. The molecule has 7 nitrogen and oxygen atoms in total. The number of pyridine rings is 2. The van der Waals surface area contributed by atoms with E-state index in [9.17, 15) is 9.59 Å². The Labute approximate surface area is 173 Å². The summed E-state index contributed by atoms with van der Waals surface area (Å²) in [7, 11) is 0. The Kier molecular flexibility index (Phi) is 5.34. The molecule has 3 N–H and O–H groups in total. The lowest BCUT2D eigenvalue weighted by Crippen LogP contribution is -2.27. The van der Waals surface area contributed by atoms with Crippen LogP contribution in [0.25, 0.3) is 16.9 Å². The minimum absolute atomic E-state index is 0.0758. The predicted octanol–water partition coefficient (Wildman–Crippen LogP) is 3.82. The number of aromatic nitrogens is 3. The van der Waals surface area contributed by atoms with E-state index in [1.165, 1.54) is 0 Å². The highest BCUT2D eigenvalue weighted by atomic mass is 16.1. The van der Waals surface area contributed by atoms with E-state index in [1.54, 1.807) is 30.6 Å². The topological polar surface area (TPSA) is 91.3 Å². The van der Waals surface area contributed by atoms with Crippen molar-refractivity contribution in [1.29, 1.82) is 0 Å². The van der Waals surface area contributed by atoms with E-state index in [1.807, 2.05) is 40.9 Å². The zero-order valence-corrected chi connectivity index (χ0v) is 16.8. The lowest BCUT2D eigenvalue weighted by Gasteiger charge is -2.12. The summed E-state index contributed by atoms with van der Waals surface area (Å²) in [5, 5.41) is 6.27. The Morgan fingerprint density at radius 1 is 1.13 bits per heavy atom. The van der Waals surface area contributed by atoms with Gasteiger partial charge in [-0.25, -0.2) is 4.98 Å². The van der Waals surface area contributed by atoms with Gasteiger partial charge in [-0.05, 0) is 48.4 Å². The van der Waals surface area contributed by atoms with E-state index in [2.05, 4.69) is 34.4 Å². The average Bonchev–Trinajstić information content (AvgIpc) is 3.23. The molecule has 0 saturated heterocycles. The first kappa shape index (κ1) is 19.4. The molecule has 3 heterocycles. The Bertz CT molecular complexity index is 1240. The molecular weight excluding hydrogens is 378 g/mol. The number of nitrogens with one attached hydrogen (secondary N) is 3. The van der Waals surface area contributed by atoms with Crippen molar-refractivity contribution >= 4 is 22.9 Å². The fourth-order valence-corrected chi connectivity index (χ4v) is 3.21. The van der Waals surface area contributed by atoms with Crippen molar-refractivity contribution in [3.63, 3.8) is 0 Å². The fourth-order valence-electron chi connectivity index (χ4n) is 3.21. The Hall–Kier alpha value is -3.87. The fraction of sp³-hybridized carbons (Fsp3) is 0.174. The molecule has 7 heteroatoms. The molecule has 1 amide bonds. The van der Waals surface area contributed by atoms with Gasteiger partial charge >= 0.3 is 0 Å². The third kappa shape index (κ3) is 4.10. The zero-order chi connectivity index (χ0) is 21.1. The summed E-state index contributed by atoms with van der Waals surface area (Å²) >= 11 is 0. The van der Waals surface area contributed by atoms with Crippen LogP contribution >= 0.6 is 0 Å². The highest BCUT2D eigenvalue weighted by molar-refractivity contribution is 5.94. The van der Waals surface area contributed by atoms with Crippen molar-refractivity contribution in [2.45, 2.75) is 13.8 Å². The van der Waals surface area contributed by atoms with Crippen molar-refractivity contribution in [3.05, 3.63) is 83.0 Å². The summed E-state index contributed by atoms with van der Waals surface area (Å²) < 4.78 is 1.94. The van der Waals surface area contributed by atoms with Crippen LogP contribution in [0.4, 0.5) is 11.4 Å². The first-order valence-corrected chi connectivity index (χ1v) is 9.82. The number of rotatable bonds is 6. The number of benzene rings is 1.